The zero-order valence-corrected chi connectivity index (χ0v) is 13.1. The predicted molar refractivity (Wildman–Crippen MR) is 80.8 cm³/mol. The summed E-state index contributed by atoms with van der Waals surface area (Å²) in [7, 11) is 0. The van der Waals surface area contributed by atoms with E-state index in [0.29, 0.717) is 21.4 Å². The largest absolute Gasteiger partial charge is 0.322 e. The molecule has 0 spiro atoms. The fourth-order valence-electron chi connectivity index (χ4n) is 1.73. The molecule has 1 amide bonds. The number of hydrogen-bond donors (Lipinski definition) is 1. The highest BCUT2D eigenvalue weighted by Crippen LogP contribution is 2.24. The summed E-state index contributed by atoms with van der Waals surface area (Å²) in [6.45, 7) is 3.53. The van der Waals surface area contributed by atoms with E-state index < -0.39 is 5.82 Å². The normalized spacial score (nSPS) is 10.4. The first-order valence-electron chi connectivity index (χ1n) is 5.78. The molecule has 2 aromatic rings. The molecule has 0 aliphatic carbocycles. The SMILES string of the molecule is Cc1cc(C(=O)Nc2cc(F)c(Br)cc2C)cc(Cl)n1. The van der Waals surface area contributed by atoms with Crippen LogP contribution in [0.15, 0.2) is 28.7 Å². The molecule has 2 rings (SSSR count). The summed E-state index contributed by atoms with van der Waals surface area (Å²) in [6.07, 6.45) is 0. The number of anilines is 1. The molecule has 20 heavy (non-hydrogen) atoms. The Morgan fingerprint density at radius 2 is 2.00 bits per heavy atom. The highest BCUT2D eigenvalue weighted by Gasteiger charge is 2.12. The van der Waals surface area contributed by atoms with Crippen LogP contribution in [0.2, 0.25) is 5.15 Å². The van der Waals surface area contributed by atoms with E-state index in [1.54, 1.807) is 26.0 Å². The van der Waals surface area contributed by atoms with Crippen LogP contribution in [0, 0.1) is 19.7 Å². The maximum atomic E-state index is 13.5. The third-order valence-corrected chi connectivity index (χ3v) is 3.50. The fraction of sp³-hybridized carbons (Fsp3) is 0.143. The van der Waals surface area contributed by atoms with Crippen molar-refractivity contribution in [3.8, 4) is 0 Å². The van der Waals surface area contributed by atoms with Gasteiger partial charge in [0.25, 0.3) is 5.91 Å². The molecular formula is C14H11BrClFN2O. The molecule has 1 heterocycles. The summed E-state index contributed by atoms with van der Waals surface area (Å²) < 4.78 is 13.9. The number of hydrogen-bond acceptors (Lipinski definition) is 2. The van der Waals surface area contributed by atoms with E-state index in [-0.39, 0.29) is 11.1 Å². The number of carbonyl (C=O) groups is 1. The Morgan fingerprint density at radius 3 is 2.65 bits per heavy atom. The number of aromatic nitrogens is 1. The molecule has 0 bridgehead atoms. The van der Waals surface area contributed by atoms with Crippen LogP contribution in [-0.4, -0.2) is 10.9 Å². The maximum Gasteiger partial charge on any atom is 0.255 e. The Labute approximate surface area is 129 Å². The molecular weight excluding hydrogens is 347 g/mol. The average molecular weight is 358 g/mol. The maximum absolute atomic E-state index is 13.5. The van der Waals surface area contributed by atoms with Gasteiger partial charge in [-0.25, -0.2) is 9.37 Å². The summed E-state index contributed by atoms with van der Waals surface area (Å²) in [5.41, 5.74) is 2.19. The van der Waals surface area contributed by atoms with E-state index in [0.717, 1.165) is 5.56 Å². The van der Waals surface area contributed by atoms with Gasteiger partial charge in [0.05, 0.1) is 4.47 Å². The number of halogens is 3. The molecule has 0 fully saturated rings. The highest BCUT2D eigenvalue weighted by atomic mass is 79.9. The van der Waals surface area contributed by atoms with E-state index >= 15 is 0 Å². The zero-order chi connectivity index (χ0) is 14.9. The van der Waals surface area contributed by atoms with Gasteiger partial charge in [-0.05, 0) is 59.6 Å². The van der Waals surface area contributed by atoms with Crippen LogP contribution in [0.1, 0.15) is 21.6 Å². The minimum absolute atomic E-state index is 0.244. The Bertz CT molecular complexity index is 671. The van der Waals surface area contributed by atoms with Gasteiger partial charge in [0.2, 0.25) is 0 Å². The second kappa shape index (κ2) is 5.89. The van der Waals surface area contributed by atoms with Crippen molar-refractivity contribution in [3.05, 3.63) is 56.5 Å². The molecule has 0 saturated carbocycles. The zero-order valence-electron chi connectivity index (χ0n) is 10.8. The van der Waals surface area contributed by atoms with Gasteiger partial charge >= 0.3 is 0 Å². The molecule has 0 atom stereocenters. The lowest BCUT2D eigenvalue weighted by Gasteiger charge is -2.10. The minimum Gasteiger partial charge on any atom is -0.322 e. The first-order valence-corrected chi connectivity index (χ1v) is 6.95. The number of rotatable bonds is 2. The Hall–Kier alpha value is -1.46. The standard InChI is InChI=1S/C14H11BrClFN2O/c1-7-3-10(15)11(17)6-12(7)19-14(20)9-4-8(2)18-13(16)5-9/h3-6H,1-2H3,(H,19,20). The van der Waals surface area contributed by atoms with Crippen molar-refractivity contribution in [2.24, 2.45) is 0 Å². The van der Waals surface area contributed by atoms with Gasteiger partial charge in [0.15, 0.2) is 0 Å². The van der Waals surface area contributed by atoms with Crippen LogP contribution in [-0.2, 0) is 0 Å². The predicted octanol–water partition coefficient (Wildman–Crippen LogP) is 4.51. The lowest BCUT2D eigenvalue weighted by molar-refractivity contribution is 0.102. The van der Waals surface area contributed by atoms with E-state index in [4.69, 9.17) is 11.6 Å². The summed E-state index contributed by atoms with van der Waals surface area (Å²) >= 11 is 8.91. The van der Waals surface area contributed by atoms with Gasteiger partial charge in [0, 0.05) is 16.9 Å². The number of nitrogens with one attached hydrogen (secondary N) is 1. The quantitative estimate of drug-likeness (QED) is 0.804. The third kappa shape index (κ3) is 3.35. The highest BCUT2D eigenvalue weighted by molar-refractivity contribution is 9.10. The third-order valence-electron chi connectivity index (χ3n) is 2.70. The van der Waals surface area contributed by atoms with Crippen molar-refractivity contribution >= 4 is 39.1 Å². The molecule has 0 aliphatic rings. The lowest BCUT2D eigenvalue weighted by atomic mass is 10.1. The fourth-order valence-corrected chi connectivity index (χ4v) is 2.44. The topological polar surface area (TPSA) is 42.0 Å². The number of pyridine rings is 1. The molecule has 0 aliphatic heterocycles. The van der Waals surface area contributed by atoms with Gasteiger partial charge in [-0.3, -0.25) is 4.79 Å². The van der Waals surface area contributed by atoms with Crippen LogP contribution in [0.4, 0.5) is 10.1 Å². The van der Waals surface area contributed by atoms with Crippen LogP contribution in [0.25, 0.3) is 0 Å². The van der Waals surface area contributed by atoms with Crippen LogP contribution < -0.4 is 5.32 Å². The molecule has 0 radical (unpaired) electrons. The molecule has 104 valence electrons. The van der Waals surface area contributed by atoms with Gasteiger partial charge in [-0.15, -0.1) is 0 Å². The van der Waals surface area contributed by atoms with Crippen molar-refractivity contribution in [2.45, 2.75) is 13.8 Å². The van der Waals surface area contributed by atoms with Crippen molar-refractivity contribution in [3.63, 3.8) is 0 Å². The van der Waals surface area contributed by atoms with Crippen molar-refractivity contribution in [2.75, 3.05) is 5.32 Å². The molecule has 1 aromatic heterocycles. The number of carbonyl (C=O) groups excluding carboxylic acids is 1. The lowest BCUT2D eigenvalue weighted by Crippen LogP contribution is -2.13. The van der Waals surface area contributed by atoms with E-state index in [9.17, 15) is 9.18 Å². The Morgan fingerprint density at radius 1 is 1.30 bits per heavy atom. The number of aryl methyl sites for hydroxylation is 2. The van der Waals surface area contributed by atoms with Crippen molar-refractivity contribution < 1.29 is 9.18 Å². The first kappa shape index (κ1) is 14.9. The molecule has 0 saturated heterocycles. The van der Waals surface area contributed by atoms with Crippen LogP contribution >= 0.6 is 27.5 Å². The number of nitrogens with zero attached hydrogens (tertiary/aromatic N) is 1. The molecule has 6 heteroatoms. The molecule has 0 unspecified atom stereocenters. The Kier molecular flexibility index (Phi) is 4.40. The monoisotopic (exact) mass is 356 g/mol. The summed E-state index contributed by atoms with van der Waals surface area (Å²) in [5.74, 6) is -0.794. The van der Waals surface area contributed by atoms with Gasteiger partial charge in [-0.2, -0.15) is 0 Å². The molecule has 1 aromatic carbocycles. The summed E-state index contributed by atoms with van der Waals surface area (Å²) in [4.78, 5) is 16.1. The summed E-state index contributed by atoms with van der Waals surface area (Å²) in [6, 6.07) is 5.96. The van der Waals surface area contributed by atoms with Crippen molar-refractivity contribution in [1.82, 2.24) is 4.98 Å². The van der Waals surface area contributed by atoms with Crippen LogP contribution in [0.5, 0.6) is 0 Å². The number of amides is 1. The Balaban J connectivity index is 2.30. The average Bonchev–Trinajstić information content (AvgIpc) is 2.34. The second-order valence-electron chi connectivity index (χ2n) is 4.36. The van der Waals surface area contributed by atoms with Gasteiger partial charge in [0.1, 0.15) is 11.0 Å². The van der Waals surface area contributed by atoms with Gasteiger partial charge in [-0.1, -0.05) is 11.6 Å². The van der Waals surface area contributed by atoms with E-state index in [1.165, 1.54) is 12.1 Å². The van der Waals surface area contributed by atoms with Crippen LogP contribution in [0.3, 0.4) is 0 Å². The minimum atomic E-state index is -0.435. The number of benzene rings is 1. The molecule has 1 N–H and O–H groups in total. The van der Waals surface area contributed by atoms with E-state index in [2.05, 4.69) is 26.2 Å². The smallest absolute Gasteiger partial charge is 0.255 e. The molecule has 3 nitrogen and oxygen atoms in total. The second-order valence-corrected chi connectivity index (χ2v) is 5.60. The van der Waals surface area contributed by atoms with E-state index in [1.807, 2.05) is 0 Å². The van der Waals surface area contributed by atoms with Gasteiger partial charge < -0.3 is 5.32 Å². The first-order chi connectivity index (χ1) is 9.36. The van der Waals surface area contributed by atoms with Crippen molar-refractivity contribution in [1.29, 1.82) is 0 Å². The summed E-state index contributed by atoms with van der Waals surface area (Å²) in [5, 5.41) is 2.91.